The molecule has 3 aromatic carbocycles. The Balaban J connectivity index is 1.72. The Morgan fingerprint density at radius 2 is 1.37 bits per heavy atom. The molecule has 4 aromatic rings. The van der Waals surface area contributed by atoms with Crippen molar-refractivity contribution in [3.05, 3.63) is 113 Å². The average Bonchev–Trinajstić information content (AvgIpc) is 3.14. The second-order valence-corrected chi connectivity index (χ2v) is 7.19. The standard InChI is InChI=1S/C24H19NOS/c26-24(25-20-14-8-3-9-15-20)22-17-27-23(19-12-6-2-7-13-19)21(22)16-18-10-4-1-5-11-18/h1-15,17H,16H2,(H,25,26). The summed E-state index contributed by atoms with van der Waals surface area (Å²) in [5.74, 6) is -0.0643. The van der Waals surface area contributed by atoms with Gasteiger partial charge in [-0.2, -0.15) is 0 Å². The van der Waals surface area contributed by atoms with Gasteiger partial charge in [-0.05, 0) is 35.2 Å². The van der Waals surface area contributed by atoms with Crippen LogP contribution in [0, 0.1) is 0 Å². The van der Waals surface area contributed by atoms with Crippen molar-refractivity contribution in [1.29, 1.82) is 0 Å². The van der Waals surface area contributed by atoms with Gasteiger partial charge in [-0.25, -0.2) is 0 Å². The Morgan fingerprint density at radius 3 is 2.04 bits per heavy atom. The Morgan fingerprint density at radius 1 is 0.778 bits per heavy atom. The predicted octanol–water partition coefficient (Wildman–Crippen LogP) is 6.26. The van der Waals surface area contributed by atoms with Crippen molar-refractivity contribution in [1.82, 2.24) is 0 Å². The van der Waals surface area contributed by atoms with E-state index in [1.54, 1.807) is 11.3 Å². The zero-order valence-corrected chi connectivity index (χ0v) is 15.6. The Kier molecular flexibility index (Phi) is 5.13. The number of para-hydroxylation sites is 1. The summed E-state index contributed by atoms with van der Waals surface area (Å²) in [6, 6.07) is 30.1. The molecular weight excluding hydrogens is 350 g/mol. The molecule has 0 atom stereocenters. The Hall–Kier alpha value is -3.17. The minimum Gasteiger partial charge on any atom is -0.322 e. The van der Waals surface area contributed by atoms with Crippen molar-refractivity contribution < 1.29 is 4.79 Å². The molecule has 4 rings (SSSR count). The molecule has 1 aromatic heterocycles. The molecule has 1 heterocycles. The zero-order chi connectivity index (χ0) is 18.5. The van der Waals surface area contributed by atoms with E-state index in [0.717, 1.165) is 33.7 Å². The topological polar surface area (TPSA) is 29.1 Å². The van der Waals surface area contributed by atoms with Crippen molar-refractivity contribution in [3.8, 4) is 10.4 Å². The van der Waals surface area contributed by atoms with Crippen LogP contribution in [0.5, 0.6) is 0 Å². The second kappa shape index (κ2) is 8.02. The summed E-state index contributed by atoms with van der Waals surface area (Å²) >= 11 is 1.63. The molecule has 0 aliphatic carbocycles. The van der Waals surface area contributed by atoms with Crippen molar-refractivity contribution in [2.75, 3.05) is 5.32 Å². The van der Waals surface area contributed by atoms with E-state index in [2.05, 4.69) is 29.6 Å². The summed E-state index contributed by atoms with van der Waals surface area (Å²) in [5, 5.41) is 4.99. The number of amides is 1. The maximum atomic E-state index is 13.0. The second-order valence-electron chi connectivity index (χ2n) is 6.31. The molecule has 3 heteroatoms. The average molecular weight is 369 g/mol. The first-order valence-electron chi connectivity index (χ1n) is 8.87. The molecule has 0 saturated carbocycles. The smallest absolute Gasteiger partial charge is 0.256 e. The monoisotopic (exact) mass is 369 g/mol. The lowest BCUT2D eigenvalue weighted by atomic mass is 9.98. The molecule has 0 aliphatic heterocycles. The molecular formula is C24H19NOS. The lowest BCUT2D eigenvalue weighted by molar-refractivity contribution is 0.102. The quantitative estimate of drug-likeness (QED) is 0.442. The van der Waals surface area contributed by atoms with Crippen LogP contribution < -0.4 is 5.32 Å². The number of carbonyl (C=O) groups is 1. The van der Waals surface area contributed by atoms with Gasteiger partial charge in [-0.3, -0.25) is 4.79 Å². The molecule has 0 bridgehead atoms. The van der Waals surface area contributed by atoms with E-state index in [1.807, 2.05) is 72.1 Å². The molecule has 0 aliphatic rings. The van der Waals surface area contributed by atoms with Gasteiger partial charge in [-0.15, -0.1) is 11.3 Å². The first kappa shape index (κ1) is 17.3. The van der Waals surface area contributed by atoms with Gasteiger partial charge in [-0.1, -0.05) is 78.9 Å². The molecule has 132 valence electrons. The van der Waals surface area contributed by atoms with Crippen molar-refractivity contribution in [2.24, 2.45) is 0 Å². The Labute approximate surface area is 163 Å². The summed E-state index contributed by atoms with van der Waals surface area (Å²) in [6.45, 7) is 0. The number of hydrogen-bond acceptors (Lipinski definition) is 2. The lowest BCUT2D eigenvalue weighted by Crippen LogP contribution is -2.13. The fourth-order valence-electron chi connectivity index (χ4n) is 3.10. The maximum Gasteiger partial charge on any atom is 0.256 e. The van der Waals surface area contributed by atoms with Gasteiger partial charge in [0.15, 0.2) is 0 Å². The largest absolute Gasteiger partial charge is 0.322 e. The normalized spacial score (nSPS) is 10.5. The molecule has 1 amide bonds. The lowest BCUT2D eigenvalue weighted by Gasteiger charge is -2.09. The van der Waals surface area contributed by atoms with Gasteiger partial charge in [0.1, 0.15) is 0 Å². The fraction of sp³-hybridized carbons (Fsp3) is 0.0417. The third-order valence-corrected chi connectivity index (χ3v) is 5.50. The van der Waals surface area contributed by atoms with E-state index < -0.39 is 0 Å². The van der Waals surface area contributed by atoms with Crippen molar-refractivity contribution >= 4 is 22.9 Å². The number of thiophene rings is 1. The third kappa shape index (κ3) is 3.99. The molecule has 0 fully saturated rings. The molecule has 0 unspecified atom stereocenters. The molecule has 0 radical (unpaired) electrons. The van der Waals surface area contributed by atoms with E-state index in [0.29, 0.717) is 0 Å². The highest BCUT2D eigenvalue weighted by Crippen LogP contribution is 2.35. The summed E-state index contributed by atoms with van der Waals surface area (Å²) < 4.78 is 0. The molecule has 0 spiro atoms. The number of benzene rings is 3. The number of hydrogen-bond donors (Lipinski definition) is 1. The van der Waals surface area contributed by atoms with Crippen LogP contribution in [0.1, 0.15) is 21.5 Å². The summed E-state index contributed by atoms with van der Waals surface area (Å²) in [7, 11) is 0. The highest BCUT2D eigenvalue weighted by Gasteiger charge is 2.19. The van der Waals surface area contributed by atoms with E-state index in [-0.39, 0.29) is 5.91 Å². The van der Waals surface area contributed by atoms with E-state index in [4.69, 9.17) is 0 Å². The van der Waals surface area contributed by atoms with E-state index in [1.165, 1.54) is 5.56 Å². The van der Waals surface area contributed by atoms with Crippen LogP contribution in [-0.4, -0.2) is 5.91 Å². The minimum absolute atomic E-state index is 0.0643. The molecule has 0 saturated heterocycles. The third-order valence-electron chi connectivity index (χ3n) is 4.43. The summed E-state index contributed by atoms with van der Waals surface area (Å²) in [4.78, 5) is 14.1. The van der Waals surface area contributed by atoms with Crippen LogP contribution in [0.15, 0.2) is 96.4 Å². The van der Waals surface area contributed by atoms with Crippen LogP contribution in [0.2, 0.25) is 0 Å². The predicted molar refractivity (Wildman–Crippen MR) is 113 cm³/mol. The first-order chi connectivity index (χ1) is 13.3. The first-order valence-corrected chi connectivity index (χ1v) is 9.75. The zero-order valence-electron chi connectivity index (χ0n) is 14.8. The number of carbonyl (C=O) groups excluding carboxylic acids is 1. The SMILES string of the molecule is O=C(Nc1ccccc1)c1csc(-c2ccccc2)c1Cc1ccccc1. The molecule has 2 nitrogen and oxygen atoms in total. The van der Waals surface area contributed by atoms with Crippen molar-refractivity contribution in [3.63, 3.8) is 0 Å². The highest BCUT2D eigenvalue weighted by molar-refractivity contribution is 7.14. The summed E-state index contributed by atoms with van der Waals surface area (Å²) in [5.41, 5.74) is 4.96. The van der Waals surface area contributed by atoms with Gasteiger partial charge in [0.2, 0.25) is 0 Å². The van der Waals surface area contributed by atoms with Crippen LogP contribution in [0.3, 0.4) is 0 Å². The highest BCUT2D eigenvalue weighted by atomic mass is 32.1. The van der Waals surface area contributed by atoms with Crippen molar-refractivity contribution in [2.45, 2.75) is 6.42 Å². The number of anilines is 1. The van der Waals surface area contributed by atoms with Crippen LogP contribution >= 0.6 is 11.3 Å². The van der Waals surface area contributed by atoms with Gasteiger partial charge in [0.25, 0.3) is 5.91 Å². The van der Waals surface area contributed by atoms with E-state index >= 15 is 0 Å². The van der Waals surface area contributed by atoms with E-state index in [9.17, 15) is 4.79 Å². The summed E-state index contributed by atoms with van der Waals surface area (Å²) in [6.07, 6.45) is 0.728. The van der Waals surface area contributed by atoms with Crippen LogP contribution in [0.25, 0.3) is 10.4 Å². The molecule has 27 heavy (non-hydrogen) atoms. The number of rotatable bonds is 5. The van der Waals surface area contributed by atoms with Crippen LogP contribution in [0.4, 0.5) is 5.69 Å². The maximum absolute atomic E-state index is 13.0. The van der Waals surface area contributed by atoms with Gasteiger partial charge >= 0.3 is 0 Å². The number of nitrogens with one attached hydrogen (secondary N) is 1. The van der Waals surface area contributed by atoms with Gasteiger partial charge in [0.05, 0.1) is 5.56 Å². The molecule has 1 N–H and O–H groups in total. The Bertz CT molecular complexity index is 1020. The van der Waals surface area contributed by atoms with Crippen LogP contribution in [-0.2, 0) is 6.42 Å². The minimum atomic E-state index is -0.0643. The fourth-order valence-corrected chi connectivity index (χ4v) is 4.18. The van der Waals surface area contributed by atoms with Gasteiger partial charge in [0, 0.05) is 15.9 Å². The van der Waals surface area contributed by atoms with Gasteiger partial charge < -0.3 is 5.32 Å².